The fraction of sp³-hybridized carbons (Fsp3) is 0.235. The van der Waals surface area contributed by atoms with E-state index in [0.29, 0.717) is 0 Å². The molecule has 0 radical (unpaired) electrons. The second kappa shape index (κ2) is 5.31. The zero-order valence-electron chi connectivity index (χ0n) is 11.5. The average Bonchev–Trinajstić information content (AvgIpc) is 2.92. The number of nitrogens with one attached hydrogen (secondary N) is 1. The van der Waals surface area contributed by atoms with E-state index in [1.165, 1.54) is 0 Å². The standard InChI is InChI=1S/C17H17NO3/c19-16(20)15-10-17(21,11-18-15)14-8-6-13(7-9-14)12-4-2-1-3-5-12/h1-9,15,18,21H,10-11H2,(H,19,20)/t15-,17-/m0/s1. The van der Waals surface area contributed by atoms with Crippen molar-refractivity contribution in [2.24, 2.45) is 0 Å². The molecule has 2 atom stereocenters. The van der Waals surface area contributed by atoms with Crippen LogP contribution in [-0.4, -0.2) is 28.8 Å². The lowest BCUT2D eigenvalue weighted by atomic mass is 9.90. The SMILES string of the molecule is O=C(O)[C@@H]1C[C@@](O)(c2ccc(-c3ccccc3)cc2)CN1. The number of β-amino-alcohol motifs (C(OH)–C–C–N with tert-alkyl or cyclic N) is 1. The highest BCUT2D eigenvalue weighted by Gasteiger charge is 2.41. The summed E-state index contributed by atoms with van der Waals surface area (Å²) in [5.41, 5.74) is 1.82. The van der Waals surface area contributed by atoms with Crippen molar-refractivity contribution in [2.75, 3.05) is 6.54 Å². The van der Waals surface area contributed by atoms with Crippen LogP contribution in [0.4, 0.5) is 0 Å². The lowest BCUT2D eigenvalue weighted by molar-refractivity contribution is -0.139. The first kappa shape index (κ1) is 13.8. The van der Waals surface area contributed by atoms with Crippen molar-refractivity contribution in [2.45, 2.75) is 18.1 Å². The van der Waals surface area contributed by atoms with E-state index in [0.717, 1.165) is 16.7 Å². The van der Waals surface area contributed by atoms with E-state index >= 15 is 0 Å². The van der Waals surface area contributed by atoms with Crippen LogP contribution in [0.2, 0.25) is 0 Å². The largest absolute Gasteiger partial charge is 0.480 e. The summed E-state index contributed by atoms with van der Waals surface area (Å²) in [5, 5.41) is 22.5. The minimum Gasteiger partial charge on any atom is -0.480 e. The Labute approximate surface area is 123 Å². The monoisotopic (exact) mass is 283 g/mol. The Balaban J connectivity index is 1.83. The molecule has 1 heterocycles. The van der Waals surface area contributed by atoms with Crippen LogP contribution in [-0.2, 0) is 10.4 Å². The van der Waals surface area contributed by atoms with Gasteiger partial charge in [0.05, 0.1) is 0 Å². The van der Waals surface area contributed by atoms with Crippen molar-refractivity contribution in [1.82, 2.24) is 5.32 Å². The normalized spacial score (nSPS) is 24.9. The van der Waals surface area contributed by atoms with Gasteiger partial charge >= 0.3 is 5.97 Å². The average molecular weight is 283 g/mol. The van der Waals surface area contributed by atoms with Crippen LogP contribution in [0.25, 0.3) is 11.1 Å². The minimum absolute atomic E-state index is 0.188. The lowest BCUT2D eigenvalue weighted by Crippen LogP contribution is -2.30. The van der Waals surface area contributed by atoms with Crippen molar-refractivity contribution < 1.29 is 15.0 Å². The summed E-state index contributed by atoms with van der Waals surface area (Å²) in [6.07, 6.45) is 0.188. The molecule has 0 amide bonds. The van der Waals surface area contributed by atoms with E-state index < -0.39 is 17.6 Å². The number of carboxylic acid groups (broad SMARTS) is 1. The maximum absolute atomic E-state index is 11.0. The van der Waals surface area contributed by atoms with Crippen LogP contribution in [0.5, 0.6) is 0 Å². The number of carbonyl (C=O) groups is 1. The quantitative estimate of drug-likeness (QED) is 0.805. The van der Waals surface area contributed by atoms with Crippen LogP contribution < -0.4 is 5.32 Å². The Morgan fingerprint density at radius 1 is 1.05 bits per heavy atom. The predicted octanol–water partition coefficient (Wildman–Crippen LogP) is 1.99. The molecule has 2 aromatic rings. The van der Waals surface area contributed by atoms with Crippen molar-refractivity contribution in [1.29, 1.82) is 0 Å². The highest BCUT2D eigenvalue weighted by molar-refractivity contribution is 5.74. The topological polar surface area (TPSA) is 69.6 Å². The third-order valence-corrected chi connectivity index (χ3v) is 4.01. The molecule has 108 valence electrons. The molecular formula is C17H17NO3. The molecule has 4 heteroatoms. The highest BCUT2D eigenvalue weighted by atomic mass is 16.4. The van der Waals surface area contributed by atoms with E-state index in [-0.39, 0.29) is 13.0 Å². The smallest absolute Gasteiger partial charge is 0.320 e. The second-order valence-corrected chi connectivity index (χ2v) is 5.45. The van der Waals surface area contributed by atoms with Gasteiger partial charge in [-0.25, -0.2) is 0 Å². The Morgan fingerprint density at radius 2 is 1.67 bits per heavy atom. The van der Waals surface area contributed by atoms with Gasteiger partial charge in [0.1, 0.15) is 11.6 Å². The maximum Gasteiger partial charge on any atom is 0.320 e. The molecule has 4 nitrogen and oxygen atoms in total. The molecule has 3 rings (SSSR count). The van der Waals surface area contributed by atoms with Gasteiger partial charge in [0.15, 0.2) is 0 Å². The Morgan fingerprint density at radius 3 is 2.24 bits per heavy atom. The van der Waals surface area contributed by atoms with Gasteiger partial charge < -0.3 is 15.5 Å². The van der Waals surface area contributed by atoms with Gasteiger partial charge in [0.2, 0.25) is 0 Å². The van der Waals surface area contributed by atoms with Gasteiger partial charge in [-0.15, -0.1) is 0 Å². The van der Waals surface area contributed by atoms with Crippen molar-refractivity contribution in [3.05, 3.63) is 60.2 Å². The molecule has 3 N–H and O–H groups in total. The van der Waals surface area contributed by atoms with E-state index in [1.54, 1.807) is 0 Å². The second-order valence-electron chi connectivity index (χ2n) is 5.45. The summed E-state index contributed by atoms with van der Waals surface area (Å²) >= 11 is 0. The van der Waals surface area contributed by atoms with Crippen molar-refractivity contribution >= 4 is 5.97 Å². The number of rotatable bonds is 3. The zero-order valence-corrected chi connectivity index (χ0v) is 11.5. The van der Waals surface area contributed by atoms with Gasteiger partial charge in [0, 0.05) is 13.0 Å². The van der Waals surface area contributed by atoms with E-state index in [2.05, 4.69) is 5.32 Å². The fourth-order valence-electron chi connectivity index (χ4n) is 2.77. The molecule has 1 fully saturated rings. The zero-order chi connectivity index (χ0) is 14.9. The van der Waals surface area contributed by atoms with E-state index in [1.807, 2.05) is 54.6 Å². The van der Waals surface area contributed by atoms with Gasteiger partial charge in [-0.2, -0.15) is 0 Å². The first-order chi connectivity index (χ1) is 10.1. The van der Waals surface area contributed by atoms with Gasteiger partial charge in [-0.1, -0.05) is 54.6 Å². The van der Waals surface area contributed by atoms with Crippen LogP contribution >= 0.6 is 0 Å². The molecule has 0 saturated carbocycles. The van der Waals surface area contributed by atoms with Crippen LogP contribution in [0.15, 0.2) is 54.6 Å². The minimum atomic E-state index is -1.11. The molecule has 0 unspecified atom stereocenters. The molecule has 0 aromatic heterocycles. The highest BCUT2D eigenvalue weighted by Crippen LogP contribution is 2.32. The molecule has 0 spiro atoms. The Hall–Kier alpha value is -2.17. The molecule has 21 heavy (non-hydrogen) atoms. The van der Waals surface area contributed by atoms with Crippen LogP contribution in [0.1, 0.15) is 12.0 Å². The number of hydrogen-bond acceptors (Lipinski definition) is 3. The number of aliphatic carboxylic acids is 1. The summed E-state index contributed by atoms with van der Waals surface area (Å²) in [7, 11) is 0. The van der Waals surface area contributed by atoms with Gasteiger partial charge in [0.25, 0.3) is 0 Å². The van der Waals surface area contributed by atoms with Gasteiger partial charge in [-0.05, 0) is 16.7 Å². The Bertz CT molecular complexity index is 639. The number of hydrogen-bond donors (Lipinski definition) is 3. The predicted molar refractivity (Wildman–Crippen MR) is 79.8 cm³/mol. The molecular weight excluding hydrogens is 266 g/mol. The first-order valence-electron chi connectivity index (χ1n) is 6.93. The molecule has 1 saturated heterocycles. The lowest BCUT2D eigenvalue weighted by Gasteiger charge is -2.22. The maximum atomic E-state index is 11.0. The summed E-state index contributed by atoms with van der Waals surface area (Å²) < 4.78 is 0. The van der Waals surface area contributed by atoms with E-state index in [9.17, 15) is 9.90 Å². The fourth-order valence-corrected chi connectivity index (χ4v) is 2.77. The molecule has 1 aliphatic rings. The summed E-state index contributed by atoms with van der Waals surface area (Å²) in [4.78, 5) is 11.0. The van der Waals surface area contributed by atoms with Gasteiger partial charge in [-0.3, -0.25) is 4.79 Å². The third kappa shape index (κ3) is 2.68. The summed E-state index contributed by atoms with van der Waals surface area (Å²) in [6, 6.07) is 16.9. The molecule has 0 bridgehead atoms. The first-order valence-corrected chi connectivity index (χ1v) is 6.93. The number of benzene rings is 2. The molecule has 0 aliphatic carbocycles. The van der Waals surface area contributed by atoms with Crippen LogP contribution in [0, 0.1) is 0 Å². The molecule has 2 aromatic carbocycles. The third-order valence-electron chi connectivity index (χ3n) is 4.01. The number of aliphatic hydroxyl groups is 1. The van der Waals surface area contributed by atoms with Crippen molar-refractivity contribution in [3.63, 3.8) is 0 Å². The van der Waals surface area contributed by atoms with Crippen LogP contribution in [0.3, 0.4) is 0 Å². The molecule has 1 aliphatic heterocycles. The van der Waals surface area contributed by atoms with Crippen molar-refractivity contribution in [3.8, 4) is 11.1 Å². The summed E-state index contributed by atoms with van der Waals surface area (Å²) in [5.74, 6) is -0.924. The Kier molecular flexibility index (Phi) is 3.49. The number of carboxylic acids is 1. The van der Waals surface area contributed by atoms with E-state index in [4.69, 9.17) is 5.11 Å². The summed E-state index contributed by atoms with van der Waals surface area (Å²) in [6.45, 7) is 0.259.